The molecule has 1 spiro atoms. The van der Waals surface area contributed by atoms with Crippen LogP contribution in [0.25, 0.3) is 77.6 Å². The Morgan fingerprint density at radius 2 is 1.03 bits per heavy atom. The van der Waals surface area contributed by atoms with Gasteiger partial charge in [-0.3, -0.25) is 0 Å². The Bertz CT molecular complexity index is 3570. The van der Waals surface area contributed by atoms with Gasteiger partial charge in [0.05, 0.1) is 16.6 Å². The second-order valence-corrected chi connectivity index (χ2v) is 19.0. The fraction of sp³-hybridized carbons (Fsp3) is 0.180. The van der Waals surface area contributed by atoms with Crippen LogP contribution in [0.5, 0.6) is 0 Å². The summed E-state index contributed by atoms with van der Waals surface area (Å²) in [5, 5.41) is 4.16. The van der Waals surface area contributed by atoms with Gasteiger partial charge in [0.1, 0.15) is 0 Å². The zero-order chi connectivity index (χ0) is 42.6. The van der Waals surface area contributed by atoms with Crippen molar-refractivity contribution >= 4 is 55.8 Å². The topological polar surface area (TPSA) is 9.86 Å². The molecule has 2 nitrogen and oxygen atoms in total. The molecule has 0 N–H and O–H groups in total. The molecule has 0 radical (unpaired) electrons. The van der Waals surface area contributed by atoms with Gasteiger partial charge in [-0.1, -0.05) is 173 Å². The Morgan fingerprint density at radius 3 is 1.69 bits per heavy atom. The van der Waals surface area contributed by atoms with Crippen LogP contribution in [-0.4, -0.2) is 15.8 Å². The molecule has 0 bridgehead atoms. The third-order valence-corrected chi connectivity index (χ3v) is 16.4. The van der Waals surface area contributed by atoms with Crippen molar-refractivity contribution in [1.82, 2.24) is 9.13 Å². The van der Waals surface area contributed by atoms with Gasteiger partial charge in [0.15, 0.2) is 0 Å². The van der Waals surface area contributed by atoms with Crippen molar-refractivity contribution < 1.29 is 0 Å². The highest BCUT2D eigenvalue weighted by molar-refractivity contribution is 7.00. The largest absolute Gasteiger partial charge is 0.310 e. The lowest BCUT2D eigenvalue weighted by atomic mass is 9.33. The fourth-order valence-electron chi connectivity index (χ4n) is 13.7. The van der Waals surface area contributed by atoms with E-state index in [1.807, 2.05) is 0 Å². The number of rotatable bonds is 8. The van der Waals surface area contributed by atoms with Crippen molar-refractivity contribution in [2.45, 2.75) is 70.6 Å². The van der Waals surface area contributed by atoms with E-state index in [-0.39, 0.29) is 6.71 Å². The molecule has 4 aliphatic rings. The van der Waals surface area contributed by atoms with Crippen molar-refractivity contribution in [3.63, 3.8) is 0 Å². The van der Waals surface area contributed by atoms with Gasteiger partial charge in [-0.15, -0.1) is 0 Å². The Labute approximate surface area is 375 Å². The Kier molecular flexibility index (Phi) is 7.51. The Balaban J connectivity index is 1.24. The molecular formula is C61H49BN2. The van der Waals surface area contributed by atoms with Gasteiger partial charge >= 0.3 is 0 Å². The van der Waals surface area contributed by atoms with Gasteiger partial charge in [0.2, 0.25) is 0 Å². The molecule has 8 aromatic carbocycles. The SMILES string of the molecule is CCC(CC)c1cc2c3c(c1)c1cc(C(CC)CC)cc4c1n3-c1c(ccc3c1B2c1cccc2c(-c5ccccc5)c(-c5ccccc5)n-3c12)C41c2ccccc2-c2ccccc21. The monoisotopic (exact) mass is 820 g/mol. The third-order valence-electron chi connectivity index (χ3n) is 16.4. The molecule has 0 saturated heterocycles. The van der Waals surface area contributed by atoms with Crippen LogP contribution >= 0.6 is 0 Å². The lowest BCUT2D eigenvalue weighted by Crippen LogP contribution is -2.60. The number of hydrogen-bond acceptors (Lipinski definition) is 0. The van der Waals surface area contributed by atoms with Crippen LogP contribution in [0.1, 0.15) is 98.6 Å². The molecule has 0 saturated carbocycles. The molecule has 0 unspecified atom stereocenters. The summed E-state index contributed by atoms with van der Waals surface area (Å²) in [4.78, 5) is 0. The van der Waals surface area contributed by atoms with E-state index < -0.39 is 5.41 Å². The van der Waals surface area contributed by atoms with E-state index in [0.717, 1.165) is 25.7 Å². The van der Waals surface area contributed by atoms with E-state index in [1.165, 1.54) is 127 Å². The van der Waals surface area contributed by atoms with Crippen molar-refractivity contribution in [2.24, 2.45) is 0 Å². The summed E-state index contributed by atoms with van der Waals surface area (Å²) in [5.74, 6) is 0.957. The summed E-state index contributed by atoms with van der Waals surface area (Å²) < 4.78 is 5.47. The van der Waals surface area contributed by atoms with Crippen LogP contribution in [0.15, 0.2) is 164 Å². The van der Waals surface area contributed by atoms with Gasteiger partial charge < -0.3 is 9.13 Å². The molecule has 306 valence electrons. The number of aromatic nitrogens is 2. The van der Waals surface area contributed by atoms with Gasteiger partial charge in [0.25, 0.3) is 6.71 Å². The smallest absolute Gasteiger partial charge is 0.252 e. The Morgan fingerprint density at radius 1 is 0.453 bits per heavy atom. The molecule has 1 aliphatic carbocycles. The lowest BCUT2D eigenvalue weighted by Gasteiger charge is -2.44. The fourth-order valence-corrected chi connectivity index (χ4v) is 13.7. The molecule has 0 atom stereocenters. The second-order valence-electron chi connectivity index (χ2n) is 19.0. The minimum atomic E-state index is -0.497. The van der Waals surface area contributed by atoms with Crippen molar-refractivity contribution in [3.05, 3.63) is 197 Å². The van der Waals surface area contributed by atoms with Gasteiger partial charge in [0, 0.05) is 44.1 Å². The summed E-state index contributed by atoms with van der Waals surface area (Å²) in [5.41, 5.74) is 27.0. The summed E-state index contributed by atoms with van der Waals surface area (Å²) >= 11 is 0. The lowest BCUT2D eigenvalue weighted by molar-refractivity contribution is 0.639. The zero-order valence-corrected chi connectivity index (χ0v) is 37.0. The van der Waals surface area contributed by atoms with Crippen LogP contribution in [0.3, 0.4) is 0 Å². The predicted molar refractivity (Wildman–Crippen MR) is 271 cm³/mol. The van der Waals surface area contributed by atoms with Crippen LogP contribution in [0.4, 0.5) is 0 Å². The molecule has 14 rings (SSSR count). The number of hydrogen-bond donors (Lipinski definition) is 0. The maximum absolute atomic E-state index is 2.79. The first kappa shape index (κ1) is 36.6. The third kappa shape index (κ3) is 4.29. The maximum Gasteiger partial charge on any atom is 0.252 e. The van der Waals surface area contributed by atoms with Crippen LogP contribution in [0.2, 0.25) is 0 Å². The summed E-state index contributed by atoms with van der Waals surface area (Å²) in [6.07, 6.45) is 4.48. The number of fused-ring (bicyclic) bond motifs is 11. The molecule has 0 fully saturated rings. The highest BCUT2D eigenvalue weighted by Gasteiger charge is 2.54. The number of para-hydroxylation sites is 1. The van der Waals surface area contributed by atoms with E-state index in [9.17, 15) is 0 Å². The van der Waals surface area contributed by atoms with E-state index in [2.05, 4.69) is 201 Å². The quantitative estimate of drug-likeness (QED) is 0.135. The first-order chi connectivity index (χ1) is 31.6. The Hall–Kier alpha value is -6.84. The van der Waals surface area contributed by atoms with Crippen molar-refractivity contribution in [2.75, 3.05) is 0 Å². The van der Waals surface area contributed by atoms with Gasteiger partial charge in [-0.2, -0.15) is 0 Å². The van der Waals surface area contributed by atoms with E-state index in [1.54, 1.807) is 0 Å². The van der Waals surface area contributed by atoms with E-state index >= 15 is 0 Å². The second kappa shape index (κ2) is 13.1. The molecule has 3 heteroatoms. The standard InChI is InChI=1S/C61H49BN2/c1-5-36(6-2)40-32-45-46-33-41(37(7-3)8-4)35-52-59(46)64-57(45)50(34-40)61(47-27-17-15-24-42(47)43-25-16-18-28-48(43)61)49-30-31-53-55(60(49)64)62(52)51-29-19-26-44-54(38-20-11-9-12-21-38)56(63(53)58(44)51)39-22-13-10-14-23-39/h9-37H,5-8H2,1-4H3. The summed E-state index contributed by atoms with van der Waals surface area (Å²) in [6.45, 7) is 9.58. The first-order valence-electron chi connectivity index (χ1n) is 23.9. The molecule has 5 heterocycles. The predicted octanol–water partition coefficient (Wildman–Crippen LogP) is 13.7. The van der Waals surface area contributed by atoms with Gasteiger partial charge in [-0.25, -0.2) is 0 Å². The highest BCUT2D eigenvalue weighted by Crippen LogP contribution is 2.62. The van der Waals surface area contributed by atoms with Crippen LogP contribution in [0, 0.1) is 0 Å². The number of nitrogens with zero attached hydrogens (tertiary/aromatic N) is 2. The minimum absolute atomic E-state index is 0.0564. The minimum Gasteiger partial charge on any atom is -0.310 e. The molecule has 2 aromatic heterocycles. The summed E-state index contributed by atoms with van der Waals surface area (Å²) in [6, 6.07) is 63.9. The van der Waals surface area contributed by atoms with Gasteiger partial charge in [-0.05, 0) is 128 Å². The van der Waals surface area contributed by atoms with E-state index in [0.29, 0.717) is 11.8 Å². The average molecular weight is 821 g/mol. The van der Waals surface area contributed by atoms with Crippen LogP contribution < -0.4 is 16.4 Å². The molecule has 3 aliphatic heterocycles. The average Bonchev–Trinajstić information content (AvgIpc) is 3.98. The summed E-state index contributed by atoms with van der Waals surface area (Å²) in [7, 11) is 0. The van der Waals surface area contributed by atoms with E-state index in [4.69, 9.17) is 0 Å². The zero-order valence-electron chi connectivity index (χ0n) is 37.0. The van der Waals surface area contributed by atoms with Crippen molar-refractivity contribution in [3.8, 4) is 44.9 Å². The highest BCUT2D eigenvalue weighted by atomic mass is 15.1. The molecule has 64 heavy (non-hydrogen) atoms. The first-order valence-corrected chi connectivity index (χ1v) is 23.9. The maximum atomic E-state index is 2.79. The molecular weight excluding hydrogens is 771 g/mol. The normalized spacial score (nSPS) is 14.2. The molecule has 0 amide bonds. The van der Waals surface area contributed by atoms with Crippen LogP contribution in [-0.2, 0) is 5.41 Å². The number of benzene rings is 8. The molecule has 10 aromatic rings. The van der Waals surface area contributed by atoms with Crippen molar-refractivity contribution in [1.29, 1.82) is 0 Å².